The van der Waals surface area contributed by atoms with Gasteiger partial charge in [0.05, 0.1) is 12.6 Å². The molecule has 0 aliphatic heterocycles. The number of aryl methyl sites for hydroxylation is 1. The van der Waals surface area contributed by atoms with Gasteiger partial charge < -0.3 is 5.32 Å². The molecule has 1 N–H and O–H groups in total. The Hall–Kier alpha value is -2.18. The molecule has 3 aromatic rings. The summed E-state index contributed by atoms with van der Waals surface area (Å²) in [5, 5.41) is 11.8. The van der Waals surface area contributed by atoms with Crippen molar-refractivity contribution < 1.29 is 4.79 Å². The minimum atomic E-state index is -0.179. The molecule has 5 nitrogen and oxygen atoms in total. The zero-order valence-corrected chi connectivity index (χ0v) is 13.8. The van der Waals surface area contributed by atoms with E-state index in [9.17, 15) is 4.79 Å². The summed E-state index contributed by atoms with van der Waals surface area (Å²) in [4.78, 5) is 16.2. The average Bonchev–Trinajstić information content (AvgIpc) is 3.25. The molecular formula is C16H15ClN4OS. The van der Waals surface area contributed by atoms with Gasteiger partial charge in [-0.05, 0) is 40.1 Å². The molecule has 23 heavy (non-hydrogen) atoms. The normalized spacial score (nSPS) is 12.0. The third-order valence-corrected chi connectivity index (χ3v) is 4.37. The predicted molar refractivity (Wildman–Crippen MR) is 90.4 cm³/mol. The van der Waals surface area contributed by atoms with E-state index in [1.807, 2.05) is 41.1 Å². The number of amides is 1. The van der Waals surface area contributed by atoms with Gasteiger partial charge in [0.15, 0.2) is 0 Å². The fraction of sp³-hybridized carbons (Fsp3) is 0.188. The van der Waals surface area contributed by atoms with Crippen LogP contribution in [0.1, 0.15) is 23.6 Å². The lowest BCUT2D eigenvalue weighted by molar-refractivity contribution is -0.121. The summed E-state index contributed by atoms with van der Waals surface area (Å²) in [5.74, 6) is -0.0355. The van der Waals surface area contributed by atoms with Crippen molar-refractivity contribution in [3.05, 3.63) is 69.9 Å². The van der Waals surface area contributed by atoms with E-state index >= 15 is 0 Å². The average molecular weight is 347 g/mol. The second kappa shape index (κ2) is 7.39. The third-order valence-electron chi connectivity index (χ3n) is 3.42. The Balaban J connectivity index is 1.71. The zero-order valence-electron chi connectivity index (χ0n) is 12.2. The lowest BCUT2D eigenvalue weighted by Crippen LogP contribution is -2.29. The Morgan fingerprint density at radius 1 is 1.26 bits per heavy atom. The van der Waals surface area contributed by atoms with Crippen LogP contribution in [-0.2, 0) is 11.3 Å². The molecule has 0 aliphatic rings. The van der Waals surface area contributed by atoms with Crippen LogP contribution in [0.15, 0.2) is 53.7 Å². The first-order chi connectivity index (χ1) is 11.2. The molecule has 7 heteroatoms. The van der Waals surface area contributed by atoms with Gasteiger partial charge in [0.1, 0.15) is 12.7 Å². The van der Waals surface area contributed by atoms with Crippen molar-refractivity contribution in [2.75, 3.05) is 0 Å². The minimum Gasteiger partial charge on any atom is -0.345 e. The van der Waals surface area contributed by atoms with Crippen LogP contribution in [0.4, 0.5) is 0 Å². The SMILES string of the molecule is O=C(CCn1cncn1)NC(c1ccc(Cl)cc1)c1ccsc1. The summed E-state index contributed by atoms with van der Waals surface area (Å²) in [6.07, 6.45) is 3.40. The standard InChI is InChI=1S/C16H15ClN4OS/c17-14-3-1-12(2-4-14)16(13-6-8-23-9-13)20-15(22)5-7-21-11-18-10-19-21/h1-4,6,8-11,16H,5,7H2,(H,20,22). The summed E-state index contributed by atoms with van der Waals surface area (Å²) in [5.41, 5.74) is 2.06. The van der Waals surface area contributed by atoms with E-state index in [-0.39, 0.29) is 11.9 Å². The fourth-order valence-corrected chi connectivity index (χ4v) is 3.06. The van der Waals surface area contributed by atoms with Gasteiger partial charge in [-0.2, -0.15) is 16.4 Å². The lowest BCUT2D eigenvalue weighted by atomic mass is 10.0. The van der Waals surface area contributed by atoms with Crippen molar-refractivity contribution >= 4 is 28.8 Å². The van der Waals surface area contributed by atoms with Gasteiger partial charge in [-0.1, -0.05) is 23.7 Å². The number of rotatable bonds is 6. The van der Waals surface area contributed by atoms with Crippen LogP contribution in [0.3, 0.4) is 0 Å². The fourth-order valence-electron chi connectivity index (χ4n) is 2.25. The quantitative estimate of drug-likeness (QED) is 0.745. The van der Waals surface area contributed by atoms with Crippen LogP contribution in [0, 0.1) is 0 Å². The molecule has 1 aromatic carbocycles. The van der Waals surface area contributed by atoms with E-state index < -0.39 is 0 Å². The summed E-state index contributed by atoms with van der Waals surface area (Å²) in [6.45, 7) is 0.503. The van der Waals surface area contributed by atoms with Gasteiger partial charge in [0.25, 0.3) is 0 Å². The molecule has 1 unspecified atom stereocenters. The van der Waals surface area contributed by atoms with Gasteiger partial charge >= 0.3 is 0 Å². The van der Waals surface area contributed by atoms with Gasteiger partial charge in [-0.3, -0.25) is 9.48 Å². The molecule has 2 heterocycles. The van der Waals surface area contributed by atoms with Crippen LogP contribution in [0.2, 0.25) is 5.02 Å². The van der Waals surface area contributed by atoms with Gasteiger partial charge in [0, 0.05) is 11.4 Å². The van der Waals surface area contributed by atoms with Crippen LogP contribution < -0.4 is 5.32 Å². The zero-order chi connectivity index (χ0) is 16.1. The summed E-state index contributed by atoms with van der Waals surface area (Å²) in [7, 11) is 0. The number of nitrogens with zero attached hydrogens (tertiary/aromatic N) is 3. The third kappa shape index (κ3) is 4.18. The van der Waals surface area contributed by atoms with Crippen LogP contribution in [0.25, 0.3) is 0 Å². The van der Waals surface area contributed by atoms with E-state index in [1.54, 1.807) is 22.3 Å². The van der Waals surface area contributed by atoms with E-state index in [0.29, 0.717) is 18.0 Å². The van der Waals surface area contributed by atoms with E-state index in [4.69, 9.17) is 11.6 Å². The van der Waals surface area contributed by atoms with Crippen molar-refractivity contribution in [1.29, 1.82) is 0 Å². The van der Waals surface area contributed by atoms with E-state index in [2.05, 4.69) is 15.4 Å². The predicted octanol–water partition coefficient (Wildman–Crippen LogP) is 3.29. The molecule has 3 rings (SSSR count). The summed E-state index contributed by atoms with van der Waals surface area (Å²) >= 11 is 7.56. The highest BCUT2D eigenvalue weighted by Crippen LogP contribution is 2.25. The Morgan fingerprint density at radius 3 is 2.74 bits per heavy atom. The molecule has 0 bridgehead atoms. The smallest absolute Gasteiger partial charge is 0.222 e. The number of halogens is 1. The molecule has 118 valence electrons. The number of hydrogen-bond donors (Lipinski definition) is 1. The Labute approximate surface area is 142 Å². The molecule has 1 amide bonds. The first kappa shape index (κ1) is 15.7. The maximum atomic E-state index is 12.3. The van der Waals surface area contributed by atoms with E-state index in [0.717, 1.165) is 11.1 Å². The Bertz CT molecular complexity index is 741. The number of nitrogens with one attached hydrogen (secondary N) is 1. The molecular weight excluding hydrogens is 332 g/mol. The number of hydrogen-bond acceptors (Lipinski definition) is 4. The van der Waals surface area contributed by atoms with Crippen LogP contribution >= 0.6 is 22.9 Å². The monoisotopic (exact) mass is 346 g/mol. The number of thiophene rings is 1. The molecule has 1 atom stereocenters. The molecule has 0 saturated carbocycles. The highest BCUT2D eigenvalue weighted by Gasteiger charge is 2.17. The van der Waals surface area contributed by atoms with Crippen LogP contribution in [0.5, 0.6) is 0 Å². The highest BCUT2D eigenvalue weighted by molar-refractivity contribution is 7.08. The molecule has 0 saturated heterocycles. The molecule has 0 radical (unpaired) electrons. The molecule has 0 spiro atoms. The molecule has 0 fully saturated rings. The number of carbonyl (C=O) groups excluding carboxylic acids is 1. The lowest BCUT2D eigenvalue weighted by Gasteiger charge is -2.18. The highest BCUT2D eigenvalue weighted by atomic mass is 35.5. The van der Waals surface area contributed by atoms with Gasteiger partial charge in [-0.25, -0.2) is 4.98 Å². The van der Waals surface area contributed by atoms with Gasteiger partial charge in [0.2, 0.25) is 5.91 Å². The van der Waals surface area contributed by atoms with Gasteiger partial charge in [-0.15, -0.1) is 0 Å². The van der Waals surface area contributed by atoms with Crippen molar-refractivity contribution in [2.24, 2.45) is 0 Å². The number of benzene rings is 1. The maximum absolute atomic E-state index is 12.3. The van der Waals surface area contributed by atoms with Crippen molar-refractivity contribution in [1.82, 2.24) is 20.1 Å². The summed E-state index contributed by atoms with van der Waals surface area (Å²) in [6, 6.07) is 9.36. The second-order valence-electron chi connectivity index (χ2n) is 5.02. The Kier molecular flexibility index (Phi) is 5.05. The topological polar surface area (TPSA) is 59.8 Å². The largest absolute Gasteiger partial charge is 0.345 e. The molecule has 2 aromatic heterocycles. The second-order valence-corrected chi connectivity index (χ2v) is 6.23. The Morgan fingerprint density at radius 2 is 2.09 bits per heavy atom. The van der Waals surface area contributed by atoms with Crippen molar-refractivity contribution in [3.63, 3.8) is 0 Å². The first-order valence-electron chi connectivity index (χ1n) is 7.12. The number of aromatic nitrogens is 3. The number of carbonyl (C=O) groups is 1. The van der Waals surface area contributed by atoms with Crippen molar-refractivity contribution in [2.45, 2.75) is 19.0 Å². The van der Waals surface area contributed by atoms with Crippen molar-refractivity contribution in [3.8, 4) is 0 Å². The van der Waals surface area contributed by atoms with E-state index in [1.165, 1.54) is 6.33 Å². The minimum absolute atomic E-state index is 0.0355. The summed E-state index contributed by atoms with van der Waals surface area (Å²) < 4.78 is 1.64. The van der Waals surface area contributed by atoms with Crippen LogP contribution in [-0.4, -0.2) is 20.7 Å². The maximum Gasteiger partial charge on any atom is 0.222 e. The first-order valence-corrected chi connectivity index (χ1v) is 8.44. The molecule has 0 aliphatic carbocycles.